The van der Waals surface area contributed by atoms with Gasteiger partial charge in [0.1, 0.15) is 5.75 Å². The molecule has 1 aromatic carbocycles. The monoisotopic (exact) mass is 312 g/mol. The van der Waals surface area contributed by atoms with Crippen LogP contribution in [-0.2, 0) is 11.3 Å². The molecule has 0 fully saturated rings. The SMILES string of the molecule is CCNCc1ccc(OCC(=O)NC(C)(C)CC)c(Cl)c1. The number of rotatable bonds is 8. The molecule has 1 aromatic rings. The first kappa shape index (κ1) is 17.8. The predicted octanol–water partition coefficient (Wildman–Crippen LogP) is 3.13. The first-order valence-corrected chi connectivity index (χ1v) is 7.68. The topological polar surface area (TPSA) is 50.4 Å². The number of nitrogens with one attached hydrogen (secondary N) is 2. The molecule has 0 aromatic heterocycles. The summed E-state index contributed by atoms with van der Waals surface area (Å²) in [5.41, 5.74) is 0.866. The van der Waals surface area contributed by atoms with Crippen molar-refractivity contribution in [2.24, 2.45) is 0 Å². The molecule has 5 heteroatoms. The average molecular weight is 313 g/mol. The molecule has 118 valence electrons. The van der Waals surface area contributed by atoms with Crippen molar-refractivity contribution in [3.63, 3.8) is 0 Å². The predicted molar refractivity (Wildman–Crippen MR) is 86.8 cm³/mol. The van der Waals surface area contributed by atoms with Crippen LogP contribution in [0.4, 0.5) is 0 Å². The van der Waals surface area contributed by atoms with Gasteiger partial charge in [-0.15, -0.1) is 0 Å². The summed E-state index contributed by atoms with van der Waals surface area (Å²) in [5, 5.41) is 6.67. The average Bonchev–Trinajstić information content (AvgIpc) is 2.43. The number of carbonyl (C=O) groups excluding carboxylic acids is 1. The maximum absolute atomic E-state index is 11.8. The molecule has 0 bridgehead atoms. The van der Waals surface area contributed by atoms with E-state index in [9.17, 15) is 4.79 Å². The van der Waals surface area contributed by atoms with Crippen molar-refractivity contribution in [2.45, 2.75) is 46.2 Å². The van der Waals surface area contributed by atoms with Crippen LogP contribution < -0.4 is 15.4 Å². The Morgan fingerprint density at radius 3 is 2.62 bits per heavy atom. The zero-order valence-electron chi connectivity index (χ0n) is 13.3. The molecule has 0 radical (unpaired) electrons. The Bertz CT molecular complexity index is 475. The van der Waals surface area contributed by atoms with E-state index < -0.39 is 0 Å². The minimum absolute atomic E-state index is 0.0320. The highest BCUT2D eigenvalue weighted by molar-refractivity contribution is 6.32. The van der Waals surface area contributed by atoms with Gasteiger partial charge in [0.05, 0.1) is 5.02 Å². The maximum atomic E-state index is 11.8. The quantitative estimate of drug-likeness (QED) is 0.775. The summed E-state index contributed by atoms with van der Waals surface area (Å²) >= 11 is 6.17. The Kier molecular flexibility index (Phi) is 6.99. The molecule has 1 rings (SSSR count). The van der Waals surface area contributed by atoms with E-state index in [4.69, 9.17) is 16.3 Å². The van der Waals surface area contributed by atoms with Gasteiger partial charge in [0.2, 0.25) is 0 Å². The lowest BCUT2D eigenvalue weighted by Crippen LogP contribution is -2.44. The van der Waals surface area contributed by atoms with Gasteiger partial charge in [-0.25, -0.2) is 0 Å². The summed E-state index contributed by atoms with van der Waals surface area (Å²) in [5.74, 6) is 0.385. The highest BCUT2D eigenvalue weighted by Gasteiger charge is 2.18. The van der Waals surface area contributed by atoms with Crippen molar-refractivity contribution in [1.29, 1.82) is 0 Å². The Balaban J connectivity index is 2.54. The van der Waals surface area contributed by atoms with Gasteiger partial charge in [-0.3, -0.25) is 4.79 Å². The van der Waals surface area contributed by atoms with Gasteiger partial charge in [-0.1, -0.05) is 31.5 Å². The molecule has 0 aliphatic heterocycles. The standard InChI is InChI=1S/C16H25ClN2O2/c1-5-16(3,4)19-15(20)11-21-14-8-7-12(9-13(14)17)10-18-6-2/h7-9,18H,5-6,10-11H2,1-4H3,(H,19,20). The van der Waals surface area contributed by atoms with Gasteiger partial charge in [0.15, 0.2) is 6.61 Å². The van der Waals surface area contributed by atoms with E-state index in [2.05, 4.69) is 17.6 Å². The smallest absolute Gasteiger partial charge is 0.258 e. The molecule has 4 nitrogen and oxygen atoms in total. The van der Waals surface area contributed by atoms with Crippen molar-refractivity contribution in [3.8, 4) is 5.75 Å². The maximum Gasteiger partial charge on any atom is 0.258 e. The fourth-order valence-corrected chi connectivity index (χ4v) is 1.94. The second kappa shape index (κ2) is 8.25. The molecule has 2 N–H and O–H groups in total. The lowest BCUT2D eigenvalue weighted by molar-refractivity contribution is -0.124. The normalized spacial score (nSPS) is 11.3. The Morgan fingerprint density at radius 1 is 1.33 bits per heavy atom. The first-order valence-electron chi connectivity index (χ1n) is 7.31. The van der Waals surface area contributed by atoms with Crippen molar-refractivity contribution >= 4 is 17.5 Å². The lowest BCUT2D eigenvalue weighted by Gasteiger charge is -2.24. The lowest BCUT2D eigenvalue weighted by atomic mass is 10.0. The fraction of sp³-hybridized carbons (Fsp3) is 0.562. The molecule has 0 saturated heterocycles. The van der Waals surface area contributed by atoms with Crippen molar-refractivity contribution in [2.75, 3.05) is 13.2 Å². The minimum atomic E-state index is -0.222. The fourth-order valence-electron chi connectivity index (χ4n) is 1.69. The summed E-state index contributed by atoms with van der Waals surface area (Å²) in [6, 6.07) is 5.60. The number of hydrogen-bond donors (Lipinski definition) is 2. The van der Waals surface area contributed by atoms with Gasteiger partial charge in [0.25, 0.3) is 5.91 Å². The van der Waals surface area contributed by atoms with E-state index in [1.165, 1.54) is 0 Å². The highest BCUT2D eigenvalue weighted by Crippen LogP contribution is 2.25. The molecule has 0 heterocycles. The third kappa shape index (κ3) is 6.36. The molecular weight excluding hydrogens is 288 g/mol. The van der Waals surface area contributed by atoms with E-state index in [-0.39, 0.29) is 18.1 Å². The van der Waals surface area contributed by atoms with Crippen LogP contribution >= 0.6 is 11.6 Å². The second-order valence-corrected chi connectivity index (χ2v) is 6.03. The molecule has 0 spiro atoms. The summed E-state index contributed by atoms with van der Waals surface area (Å²) in [6.07, 6.45) is 0.860. The number of amides is 1. The van der Waals surface area contributed by atoms with E-state index in [0.717, 1.165) is 25.1 Å². The van der Waals surface area contributed by atoms with Crippen LogP contribution in [0, 0.1) is 0 Å². The summed E-state index contributed by atoms with van der Waals surface area (Å²) in [4.78, 5) is 11.8. The number of ether oxygens (including phenoxy) is 1. The van der Waals surface area contributed by atoms with Crippen LogP contribution in [0.2, 0.25) is 5.02 Å². The molecule has 1 amide bonds. The van der Waals surface area contributed by atoms with E-state index in [1.54, 1.807) is 6.07 Å². The van der Waals surface area contributed by atoms with Crippen LogP contribution in [0.25, 0.3) is 0 Å². The van der Waals surface area contributed by atoms with Gasteiger partial charge >= 0.3 is 0 Å². The minimum Gasteiger partial charge on any atom is -0.482 e. The number of benzene rings is 1. The first-order chi connectivity index (χ1) is 9.88. The van der Waals surface area contributed by atoms with Crippen molar-refractivity contribution in [1.82, 2.24) is 10.6 Å². The molecular formula is C16H25ClN2O2. The molecule has 0 aliphatic carbocycles. The van der Waals surface area contributed by atoms with E-state index >= 15 is 0 Å². The van der Waals surface area contributed by atoms with Crippen LogP contribution in [0.5, 0.6) is 5.75 Å². The van der Waals surface area contributed by atoms with Crippen molar-refractivity contribution < 1.29 is 9.53 Å². The van der Waals surface area contributed by atoms with Crippen LogP contribution in [0.1, 0.15) is 39.7 Å². The molecule has 0 aliphatic rings. The van der Waals surface area contributed by atoms with E-state index in [0.29, 0.717) is 10.8 Å². The summed E-state index contributed by atoms with van der Waals surface area (Å²) in [7, 11) is 0. The molecule has 21 heavy (non-hydrogen) atoms. The Hall–Kier alpha value is -1.26. The zero-order chi connectivity index (χ0) is 15.9. The largest absolute Gasteiger partial charge is 0.482 e. The van der Waals surface area contributed by atoms with Crippen molar-refractivity contribution in [3.05, 3.63) is 28.8 Å². The van der Waals surface area contributed by atoms with Gasteiger partial charge in [-0.2, -0.15) is 0 Å². The third-order valence-corrected chi connectivity index (χ3v) is 3.59. The highest BCUT2D eigenvalue weighted by atomic mass is 35.5. The summed E-state index contributed by atoms with van der Waals surface area (Å²) in [6.45, 7) is 9.68. The van der Waals surface area contributed by atoms with Crippen LogP contribution in [0.3, 0.4) is 0 Å². The van der Waals surface area contributed by atoms with E-state index in [1.807, 2.05) is 32.9 Å². The number of hydrogen-bond acceptors (Lipinski definition) is 3. The van der Waals surface area contributed by atoms with Crippen LogP contribution in [0.15, 0.2) is 18.2 Å². The molecule has 0 saturated carbocycles. The van der Waals surface area contributed by atoms with Crippen LogP contribution in [-0.4, -0.2) is 24.6 Å². The Morgan fingerprint density at radius 2 is 2.05 bits per heavy atom. The van der Waals surface area contributed by atoms with Gasteiger partial charge < -0.3 is 15.4 Å². The van der Waals surface area contributed by atoms with Gasteiger partial charge in [-0.05, 0) is 44.5 Å². The zero-order valence-corrected chi connectivity index (χ0v) is 14.0. The number of halogens is 1. The molecule has 0 unspecified atom stereocenters. The van der Waals surface area contributed by atoms with Gasteiger partial charge in [0, 0.05) is 12.1 Å². The number of carbonyl (C=O) groups is 1. The molecule has 0 atom stereocenters. The third-order valence-electron chi connectivity index (χ3n) is 3.30. The summed E-state index contributed by atoms with van der Waals surface area (Å²) < 4.78 is 5.48. The Labute approximate surface area is 132 Å². The second-order valence-electron chi connectivity index (χ2n) is 5.62.